The second-order valence-corrected chi connectivity index (χ2v) is 8.62. The van der Waals surface area contributed by atoms with E-state index >= 15 is 0 Å². The van der Waals surface area contributed by atoms with Crippen molar-refractivity contribution in [2.45, 2.75) is 30.6 Å². The predicted octanol–water partition coefficient (Wildman–Crippen LogP) is 1.38. The lowest BCUT2D eigenvalue weighted by Crippen LogP contribution is -2.29. The summed E-state index contributed by atoms with van der Waals surface area (Å²) in [7, 11) is -3.55. The van der Waals surface area contributed by atoms with Crippen molar-refractivity contribution in [2.75, 3.05) is 38.2 Å². The monoisotopic (exact) mass is 396 g/mol. The van der Waals surface area contributed by atoms with Gasteiger partial charge in [-0.2, -0.15) is 4.31 Å². The first kappa shape index (κ1) is 19.8. The SMILES string of the molecule is O=C(COC(=O)C1CCOCC1)Nc1cccc(S(=O)(=O)N2CCCC2)c1. The molecule has 0 spiro atoms. The third-order valence-electron chi connectivity index (χ3n) is 4.72. The summed E-state index contributed by atoms with van der Waals surface area (Å²) < 4.78 is 36.9. The number of hydrogen-bond acceptors (Lipinski definition) is 6. The fraction of sp³-hybridized carbons (Fsp3) is 0.556. The number of esters is 1. The molecule has 0 aliphatic carbocycles. The Labute approximate surface area is 158 Å². The first-order valence-electron chi connectivity index (χ1n) is 9.11. The molecule has 27 heavy (non-hydrogen) atoms. The fourth-order valence-corrected chi connectivity index (χ4v) is 4.76. The number of hydrogen-bond donors (Lipinski definition) is 1. The van der Waals surface area contributed by atoms with Crippen molar-refractivity contribution >= 4 is 27.6 Å². The minimum Gasteiger partial charge on any atom is -0.455 e. The molecule has 1 aromatic carbocycles. The van der Waals surface area contributed by atoms with E-state index in [-0.39, 0.29) is 10.8 Å². The third-order valence-corrected chi connectivity index (χ3v) is 6.62. The molecule has 0 unspecified atom stereocenters. The van der Waals surface area contributed by atoms with Crippen LogP contribution in [0.2, 0.25) is 0 Å². The highest BCUT2D eigenvalue weighted by Crippen LogP contribution is 2.23. The molecule has 8 nitrogen and oxygen atoms in total. The standard InChI is InChI=1S/C18H24N2O6S/c21-17(13-26-18(22)14-6-10-25-11-7-14)19-15-4-3-5-16(12-15)27(23,24)20-8-1-2-9-20/h3-5,12,14H,1-2,6-11,13H2,(H,19,21). The summed E-state index contributed by atoms with van der Waals surface area (Å²) >= 11 is 0. The van der Waals surface area contributed by atoms with Gasteiger partial charge in [0, 0.05) is 32.0 Å². The molecule has 1 amide bonds. The zero-order valence-corrected chi connectivity index (χ0v) is 15.9. The minimum atomic E-state index is -3.55. The van der Waals surface area contributed by atoms with Gasteiger partial charge < -0.3 is 14.8 Å². The predicted molar refractivity (Wildman–Crippen MR) is 97.6 cm³/mol. The van der Waals surface area contributed by atoms with E-state index < -0.39 is 28.5 Å². The Bertz CT molecular complexity index is 783. The maximum atomic E-state index is 12.6. The second-order valence-electron chi connectivity index (χ2n) is 6.68. The number of benzene rings is 1. The number of anilines is 1. The van der Waals surface area contributed by atoms with Crippen LogP contribution in [-0.4, -0.2) is 57.5 Å². The first-order chi connectivity index (χ1) is 13.0. The number of carbonyl (C=O) groups is 2. The molecular formula is C18H24N2O6S. The van der Waals surface area contributed by atoms with Gasteiger partial charge in [0.1, 0.15) is 0 Å². The van der Waals surface area contributed by atoms with Crippen molar-refractivity contribution in [3.05, 3.63) is 24.3 Å². The van der Waals surface area contributed by atoms with E-state index in [1.165, 1.54) is 16.4 Å². The number of sulfonamides is 1. The summed E-state index contributed by atoms with van der Waals surface area (Å²) in [6.45, 7) is 1.66. The van der Waals surface area contributed by atoms with E-state index in [9.17, 15) is 18.0 Å². The lowest BCUT2D eigenvalue weighted by molar-refractivity contribution is -0.154. The Balaban J connectivity index is 1.55. The Morgan fingerprint density at radius 1 is 1.19 bits per heavy atom. The van der Waals surface area contributed by atoms with Gasteiger partial charge in [-0.1, -0.05) is 6.07 Å². The van der Waals surface area contributed by atoms with Crippen LogP contribution in [0.1, 0.15) is 25.7 Å². The van der Waals surface area contributed by atoms with E-state index in [2.05, 4.69) is 5.32 Å². The molecule has 2 heterocycles. The van der Waals surface area contributed by atoms with Crippen molar-refractivity contribution in [1.29, 1.82) is 0 Å². The van der Waals surface area contributed by atoms with Gasteiger partial charge in [-0.05, 0) is 43.9 Å². The van der Waals surface area contributed by atoms with Crippen molar-refractivity contribution in [3.8, 4) is 0 Å². The molecule has 0 bridgehead atoms. The van der Waals surface area contributed by atoms with Gasteiger partial charge in [-0.15, -0.1) is 0 Å². The summed E-state index contributed by atoms with van der Waals surface area (Å²) in [5.74, 6) is -1.15. The summed E-state index contributed by atoms with van der Waals surface area (Å²) in [4.78, 5) is 24.1. The van der Waals surface area contributed by atoms with Crippen molar-refractivity contribution in [3.63, 3.8) is 0 Å². The number of amides is 1. The van der Waals surface area contributed by atoms with E-state index in [0.29, 0.717) is 44.8 Å². The molecule has 2 aliphatic rings. The summed E-state index contributed by atoms with van der Waals surface area (Å²) in [6, 6.07) is 6.11. The average Bonchev–Trinajstić information content (AvgIpc) is 3.23. The van der Waals surface area contributed by atoms with Crippen LogP contribution in [0, 0.1) is 5.92 Å². The summed E-state index contributed by atoms with van der Waals surface area (Å²) in [6.07, 6.45) is 2.90. The molecule has 2 fully saturated rings. The topological polar surface area (TPSA) is 102 Å². The van der Waals surface area contributed by atoms with Crippen LogP contribution in [0.3, 0.4) is 0 Å². The maximum Gasteiger partial charge on any atom is 0.309 e. The van der Waals surface area contributed by atoms with Gasteiger partial charge in [0.2, 0.25) is 10.0 Å². The number of carbonyl (C=O) groups excluding carboxylic acids is 2. The van der Waals surface area contributed by atoms with E-state index in [0.717, 1.165) is 12.8 Å². The van der Waals surface area contributed by atoms with Crippen LogP contribution in [0.25, 0.3) is 0 Å². The molecule has 2 aliphatic heterocycles. The molecule has 2 saturated heterocycles. The fourth-order valence-electron chi connectivity index (χ4n) is 3.20. The van der Waals surface area contributed by atoms with E-state index in [4.69, 9.17) is 9.47 Å². The van der Waals surface area contributed by atoms with Gasteiger partial charge >= 0.3 is 5.97 Å². The number of ether oxygens (including phenoxy) is 2. The first-order valence-corrected chi connectivity index (χ1v) is 10.6. The Hall–Kier alpha value is -1.97. The molecule has 3 rings (SSSR count). The Morgan fingerprint density at radius 3 is 2.59 bits per heavy atom. The zero-order valence-electron chi connectivity index (χ0n) is 15.1. The maximum absolute atomic E-state index is 12.6. The highest BCUT2D eigenvalue weighted by Gasteiger charge is 2.27. The second kappa shape index (κ2) is 8.81. The quantitative estimate of drug-likeness (QED) is 0.729. The van der Waals surface area contributed by atoms with Gasteiger partial charge in [0.25, 0.3) is 5.91 Å². The molecule has 0 atom stereocenters. The van der Waals surface area contributed by atoms with Crippen molar-refractivity contribution in [2.24, 2.45) is 5.92 Å². The van der Waals surface area contributed by atoms with Crippen LogP contribution in [0.4, 0.5) is 5.69 Å². The number of nitrogens with one attached hydrogen (secondary N) is 1. The smallest absolute Gasteiger partial charge is 0.309 e. The van der Waals surface area contributed by atoms with Crippen molar-refractivity contribution in [1.82, 2.24) is 4.31 Å². The Morgan fingerprint density at radius 2 is 1.89 bits per heavy atom. The Kier molecular flexibility index (Phi) is 6.46. The molecule has 9 heteroatoms. The average molecular weight is 396 g/mol. The molecule has 1 N–H and O–H groups in total. The van der Waals surface area contributed by atoms with Crippen LogP contribution in [0.15, 0.2) is 29.2 Å². The van der Waals surface area contributed by atoms with Gasteiger partial charge in [-0.3, -0.25) is 9.59 Å². The van der Waals surface area contributed by atoms with Crippen LogP contribution in [0.5, 0.6) is 0 Å². The lowest BCUT2D eigenvalue weighted by Gasteiger charge is -2.20. The van der Waals surface area contributed by atoms with Crippen LogP contribution < -0.4 is 5.32 Å². The highest BCUT2D eigenvalue weighted by atomic mass is 32.2. The largest absolute Gasteiger partial charge is 0.455 e. The van der Waals surface area contributed by atoms with E-state index in [1.54, 1.807) is 12.1 Å². The molecule has 1 aromatic rings. The molecule has 148 valence electrons. The van der Waals surface area contributed by atoms with E-state index in [1.807, 2.05) is 0 Å². The highest BCUT2D eigenvalue weighted by molar-refractivity contribution is 7.89. The summed E-state index contributed by atoms with van der Waals surface area (Å²) in [5.41, 5.74) is 0.349. The van der Waals surface area contributed by atoms with Gasteiger partial charge in [-0.25, -0.2) is 8.42 Å². The lowest BCUT2D eigenvalue weighted by atomic mass is 10.0. The third kappa shape index (κ3) is 5.06. The summed E-state index contributed by atoms with van der Waals surface area (Å²) in [5, 5.41) is 2.58. The minimum absolute atomic E-state index is 0.140. The normalized spacial score (nSPS) is 19.0. The number of rotatable bonds is 6. The van der Waals surface area contributed by atoms with Gasteiger partial charge in [0.05, 0.1) is 10.8 Å². The van der Waals surface area contributed by atoms with Crippen molar-refractivity contribution < 1.29 is 27.5 Å². The number of nitrogens with zero attached hydrogens (tertiary/aromatic N) is 1. The zero-order chi connectivity index (χ0) is 19.3. The molecule has 0 saturated carbocycles. The molecule has 0 radical (unpaired) electrons. The molecular weight excluding hydrogens is 372 g/mol. The van der Waals surface area contributed by atoms with Crippen LogP contribution >= 0.6 is 0 Å². The molecule has 0 aromatic heterocycles. The van der Waals surface area contributed by atoms with Gasteiger partial charge in [0.15, 0.2) is 6.61 Å². The van der Waals surface area contributed by atoms with Crippen LogP contribution in [-0.2, 0) is 29.1 Å².